The monoisotopic (exact) mass is 276 g/mol. The quantitative estimate of drug-likeness (QED) is 0.744. The summed E-state index contributed by atoms with van der Waals surface area (Å²) in [6.45, 7) is 4.36. The van der Waals surface area contributed by atoms with Gasteiger partial charge >= 0.3 is 5.97 Å². The minimum Gasteiger partial charge on any atom is -0.466 e. The van der Waals surface area contributed by atoms with Gasteiger partial charge in [-0.15, -0.1) is 0 Å². The van der Waals surface area contributed by atoms with E-state index in [1.165, 1.54) is 0 Å². The van der Waals surface area contributed by atoms with Crippen LogP contribution in [0.5, 0.6) is 0 Å². The van der Waals surface area contributed by atoms with Gasteiger partial charge in [0.1, 0.15) is 0 Å². The number of carbonyl (C=O) groups excluding carboxylic acids is 2. The van der Waals surface area contributed by atoms with Crippen molar-refractivity contribution in [1.29, 1.82) is 0 Å². The van der Waals surface area contributed by atoms with E-state index in [9.17, 15) is 9.59 Å². The van der Waals surface area contributed by atoms with Crippen LogP contribution in [0.3, 0.4) is 0 Å². The molecule has 1 aliphatic rings. The van der Waals surface area contributed by atoms with Crippen molar-refractivity contribution in [2.24, 2.45) is 5.92 Å². The molecule has 0 aromatic carbocycles. The van der Waals surface area contributed by atoms with Gasteiger partial charge in [0.2, 0.25) is 0 Å². The molecule has 1 fully saturated rings. The van der Waals surface area contributed by atoms with Crippen molar-refractivity contribution in [1.82, 2.24) is 9.88 Å². The van der Waals surface area contributed by atoms with Crippen molar-refractivity contribution >= 4 is 11.9 Å². The van der Waals surface area contributed by atoms with E-state index in [1.54, 1.807) is 43.3 Å². The minimum absolute atomic E-state index is 0.0361. The van der Waals surface area contributed by atoms with E-state index >= 15 is 0 Å². The molecule has 108 valence electrons. The summed E-state index contributed by atoms with van der Waals surface area (Å²) in [6.07, 6.45) is 5.22. The van der Waals surface area contributed by atoms with Crippen molar-refractivity contribution in [2.45, 2.75) is 32.7 Å². The molecule has 0 radical (unpaired) electrons. The molecule has 1 unspecified atom stereocenters. The smallest absolute Gasteiger partial charge is 0.310 e. The van der Waals surface area contributed by atoms with Crippen LogP contribution in [0.15, 0.2) is 24.5 Å². The first-order valence-corrected chi connectivity index (χ1v) is 7.01. The lowest BCUT2D eigenvalue weighted by molar-refractivity contribution is -0.147. The predicted molar refractivity (Wildman–Crippen MR) is 74.1 cm³/mol. The Hall–Kier alpha value is -1.91. The fourth-order valence-corrected chi connectivity index (χ4v) is 2.10. The van der Waals surface area contributed by atoms with Gasteiger partial charge in [0.25, 0.3) is 5.91 Å². The molecule has 1 aliphatic carbocycles. The average molecular weight is 276 g/mol. The molecule has 20 heavy (non-hydrogen) atoms. The Kier molecular flexibility index (Phi) is 4.71. The summed E-state index contributed by atoms with van der Waals surface area (Å²) in [5.41, 5.74) is 0.614. The second kappa shape index (κ2) is 6.50. The zero-order valence-electron chi connectivity index (χ0n) is 11.9. The lowest BCUT2D eigenvalue weighted by Gasteiger charge is -2.25. The standard InChI is InChI=1S/C15H20N2O3/c1-3-20-15(19)11(2)10-17(13-4-5-13)14(18)12-6-8-16-9-7-12/h6-9,11,13H,3-5,10H2,1-2H3. The molecule has 0 aliphatic heterocycles. The van der Waals surface area contributed by atoms with Crippen LogP contribution in [0.25, 0.3) is 0 Å². The third-order valence-electron chi connectivity index (χ3n) is 3.34. The van der Waals surface area contributed by atoms with E-state index in [0.29, 0.717) is 18.7 Å². The van der Waals surface area contributed by atoms with Gasteiger partial charge in [-0.1, -0.05) is 6.92 Å². The highest BCUT2D eigenvalue weighted by atomic mass is 16.5. The maximum absolute atomic E-state index is 12.5. The number of hydrogen-bond donors (Lipinski definition) is 0. The van der Waals surface area contributed by atoms with E-state index in [-0.39, 0.29) is 23.8 Å². The van der Waals surface area contributed by atoms with Gasteiger partial charge in [-0.2, -0.15) is 0 Å². The summed E-state index contributed by atoms with van der Waals surface area (Å²) in [5, 5.41) is 0. The van der Waals surface area contributed by atoms with Crippen LogP contribution in [0.1, 0.15) is 37.0 Å². The van der Waals surface area contributed by atoms with Gasteiger partial charge in [0, 0.05) is 30.5 Å². The van der Waals surface area contributed by atoms with E-state index in [4.69, 9.17) is 4.74 Å². The van der Waals surface area contributed by atoms with Crippen LogP contribution in [0.2, 0.25) is 0 Å². The van der Waals surface area contributed by atoms with Crippen molar-refractivity contribution in [3.63, 3.8) is 0 Å². The molecule has 2 rings (SSSR count). The third-order valence-corrected chi connectivity index (χ3v) is 3.34. The molecule has 0 bridgehead atoms. The van der Waals surface area contributed by atoms with Crippen LogP contribution in [-0.4, -0.2) is 41.0 Å². The van der Waals surface area contributed by atoms with E-state index in [0.717, 1.165) is 12.8 Å². The molecule has 1 aromatic rings. The van der Waals surface area contributed by atoms with Gasteiger partial charge in [-0.25, -0.2) is 0 Å². The lowest BCUT2D eigenvalue weighted by Crippen LogP contribution is -2.39. The van der Waals surface area contributed by atoms with Crippen LogP contribution in [0, 0.1) is 5.92 Å². The molecule has 0 N–H and O–H groups in total. The Bertz CT molecular complexity index is 471. The molecule has 1 heterocycles. The SMILES string of the molecule is CCOC(=O)C(C)CN(C(=O)c1ccncc1)C1CC1. The molecule has 0 saturated heterocycles. The number of hydrogen-bond acceptors (Lipinski definition) is 4. The van der Waals surface area contributed by atoms with Crippen molar-refractivity contribution in [3.8, 4) is 0 Å². The van der Waals surface area contributed by atoms with Crippen molar-refractivity contribution in [2.75, 3.05) is 13.2 Å². The van der Waals surface area contributed by atoms with E-state index in [2.05, 4.69) is 4.98 Å². The summed E-state index contributed by atoms with van der Waals surface area (Å²) >= 11 is 0. The third kappa shape index (κ3) is 3.56. The first-order chi connectivity index (χ1) is 9.63. The Balaban J connectivity index is 2.04. The number of pyridine rings is 1. The maximum Gasteiger partial charge on any atom is 0.310 e. The summed E-state index contributed by atoms with van der Waals surface area (Å²) in [5.74, 6) is -0.590. The highest BCUT2D eigenvalue weighted by Crippen LogP contribution is 2.29. The summed E-state index contributed by atoms with van der Waals surface area (Å²) in [4.78, 5) is 29.9. The molecule has 5 heteroatoms. The Morgan fingerprint density at radius 3 is 2.60 bits per heavy atom. The second-order valence-electron chi connectivity index (χ2n) is 5.08. The molecular weight excluding hydrogens is 256 g/mol. The minimum atomic E-state index is -0.304. The molecule has 5 nitrogen and oxygen atoms in total. The normalized spacial score (nSPS) is 15.5. The topological polar surface area (TPSA) is 59.5 Å². The summed E-state index contributed by atoms with van der Waals surface area (Å²) in [6, 6.07) is 3.66. The van der Waals surface area contributed by atoms with Gasteiger partial charge < -0.3 is 9.64 Å². The van der Waals surface area contributed by atoms with Gasteiger partial charge in [0.05, 0.1) is 12.5 Å². The molecule has 1 amide bonds. The van der Waals surface area contributed by atoms with Crippen LogP contribution < -0.4 is 0 Å². The Labute approximate surface area is 118 Å². The fourth-order valence-electron chi connectivity index (χ4n) is 2.10. The largest absolute Gasteiger partial charge is 0.466 e. The van der Waals surface area contributed by atoms with Crippen LogP contribution in [-0.2, 0) is 9.53 Å². The number of carbonyl (C=O) groups is 2. The Morgan fingerprint density at radius 2 is 2.05 bits per heavy atom. The number of esters is 1. The van der Waals surface area contributed by atoms with E-state index in [1.807, 2.05) is 0 Å². The van der Waals surface area contributed by atoms with E-state index < -0.39 is 0 Å². The highest BCUT2D eigenvalue weighted by molar-refractivity contribution is 5.94. The maximum atomic E-state index is 12.5. The molecule has 0 spiro atoms. The van der Waals surface area contributed by atoms with Crippen LogP contribution >= 0.6 is 0 Å². The zero-order chi connectivity index (χ0) is 14.5. The molecule has 1 saturated carbocycles. The first-order valence-electron chi connectivity index (χ1n) is 7.01. The van der Waals surface area contributed by atoms with Gasteiger partial charge in [-0.05, 0) is 31.9 Å². The fraction of sp³-hybridized carbons (Fsp3) is 0.533. The number of nitrogens with zero attached hydrogens (tertiary/aromatic N) is 2. The summed E-state index contributed by atoms with van der Waals surface area (Å²) < 4.78 is 5.00. The summed E-state index contributed by atoms with van der Waals surface area (Å²) in [7, 11) is 0. The van der Waals surface area contributed by atoms with Crippen molar-refractivity contribution < 1.29 is 14.3 Å². The molecule has 1 aromatic heterocycles. The van der Waals surface area contributed by atoms with Gasteiger partial charge in [-0.3, -0.25) is 14.6 Å². The zero-order valence-corrected chi connectivity index (χ0v) is 11.9. The predicted octanol–water partition coefficient (Wildman–Crippen LogP) is 1.89. The highest BCUT2D eigenvalue weighted by Gasteiger charge is 2.35. The first kappa shape index (κ1) is 14.5. The van der Waals surface area contributed by atoms with Crippen molar-refractivity contribution in [3.05, 3.63) is 30.1 Å². The number of aromatic nitrogens is 1. The average Bonchev–Trinajstić information content (AvgIpc) is 3.29. The van der Waals surface area contributed by atoms with Gasteiger partial charge in [0.15, 0.2) is 0 Å². The lowest BCUT2D eigenvalue weighted by atomic mass is 10.1. The Morgan fingerprint density at radius 1 is 1.40 bits per heavy atom. The number of amides is 1. The number of rotatable bonds is 6. The molecule has 1 atom stereocenters. The van der Waals surface area contributed by atoms with Crippen LogP contribution in [0.4, 0.5) is 0 Å². The molecular formula is C15H20N2O3. The number of ether oxygens (including phenoxy) is 1. The second-order valence-corrected chi connectivity index (χ2v) is 5.08.